The molecule has 2 aromatic rings. The molecule has 0 spiro atoms. The van der Waals surface area contributed by atoms with Crippen LogP contribution in [0.15, 0.2) is 16.7 Å². The smallest absolute Gasteiger partial charge is 0.213 e. The lowest BCUT2D eigenvalue weighted by molar-refractivity contribution is 0.479. The summed E-state index contributed by atoms with van der Waals surface area (Å²) < 4.78 is 5.36. The van der Waals surface area contributed by atoms with Crippen LogP contribution in [0.1, 0.15) is 18.6 Å². The van der Waals surface area contributed by atoms with Crippen molar-refractivity contribution in [2.24, 2.45) is 0 Å². The maximum Gasteiger partial charge on any atom is 0.213 e. The van der Waals surface area contributed by atoms with E-state index in [-0.39, 0.29) is 0 Å². The highest BCUT2D eigenvalue weighted by atomic mass is 35.5. The number of hydrogen-bond acceptors (Lipinski definition) is 5. The Morgan fingerprint density at radius 3 is 2.47 bits per heavy atom. The third-order valence-electron chi connectivity index (χ3n) is 2.35. The van der Waals surface area contributed by atoms with E-state index in [4.69, 9.17) is 27.6 Å². The summed E-state index contributed by atoms with van der Waals surface area (Å²) in [4.78, 5) is 8.42. The fourth-order valence-corrected chi connectivity index (χ4v) is 2.02. The lowest BCUT2D eigenvalue weighted by Gasteiger charge is -2.10. The molecule has 0 amide bonds. The summed E-state index contributed by atoms with van der Waals surface area (Å²) in [7, 11) is 0. The van der Waals surface area contributed by atoms with Gasteiger partial charge in [0.25, 0.3) is 0 Å². The van der Waals surface area contributed by atoms with E-state index in [1.165, 1.54) is 0 Å². The Bertz CT molecular complexity index is 571. The largest absolute Gasteiger partial charge is 0.444 e. The number of halogens is 2. The minimum absolute atomic E-state index is 0.410. The van der Waals surface area contributed by atoms with E-state index in [1.807, 2.05) is 13.8 Å². The number of aryl methyl sites for hydroxylation is 1. The van der Waals surface area contributed by atoms with Gasteiger partial charge in [-0.15, -0.1) is 0 Å². The molecule has 0 aromatic carbocycles. The fourth-order valence-electron chi connectivity index (χ4n) is 1.52. The van der Waals surface area contributed by atoms with Crippen molar-refractivity contribution in [1.82, 2.24) is 9.97 Å². The zero-order valence-electron chi connectivity index (χ0n) is 10.6. The molecule has 2 N–H and O–H groups in total. The molecule has 0 aliphatic rings. The zero-order valence-corrected chi connectivity index (χ0v) is 12.1. The van der Waals surface area contributed by atoms with Crippen LogP contribution in [-0.4, -0.2) is 16.5 Å². The van der Waals surface area contributed by atoms with E-state index in [1.54, 1.807) is 12.3 Å². The first kappa shape index (κ1) is 14.0. The van der Waals surface area contributed by atoms with Gasteiger partial charge in [-0.1, -0.05) is 23.2 Å². The van der Waals surface area contributed by atoms with Crippen molar-refractivity contribution in [3.8, 4) is 0 Å². The first-order valence-electron chi connectivity index (χ1n) is 5.85. The van der Waals surface area contributed by atoms with Gasteiger partial charge in [0, 0.05) is 6.54 Å². The Hall–Kier alpha value is -1.46. The summed E-state index contributed by atoms with van der Waals surface area (Å²) in [6.45, 7) is 4.95. The number of pyridine rings is 1. The molecule has 102 valence electrons. The van der Waals surface area contributed by atoms with Crippen molar-refractivity contribution in [3.05, 3.63) is 34.0 Å². The molecule has 0 bridgehead atoms. The summed E-state index contributed by atoms with van der Waals surface area (Å²) in [6.07, 6.45) is 1.66. The molecule has 0 saturated heterocycles. The minimum Gasteiger partial charge on any atom is -0.444 e. The summed E-state index contributed by atoms with van der Waals surface area (Å²) in [5.74, 6) is 2.48. The standard InChI is InChI=1S/C12H14Cl2N4O/c1-3-15-11-8(13)4-9(14)12(18-11)17-6-10-16-5-7(2)19-10/h4-5H,3,6H2,1-2H3,(H2,15,17,18). The monoisotopic (exact) mass is 300 g/mol. The van der Waals surface area contributed by atoms with Crippen molar-refractivity contribution >= 4 is 34.8 Å². The van der Waals surface area contributed by atoms with E-state index < -0.39 is 0 Å². The highest BCUT2D eigenvalue weighted by Crippen LogP contribution is 2.29. The molecule has 0 aliphatic carbocycles. The van der Waals surface area contributed by atoms with Crippen molar-refractivity contribution in [2.45, 2.75) is 20.4 Å². The fraction of sp³-hybridized carbons (Fsp3) is 0.333. The van der Waals surface area contributed by atoms with E-state index in [2.05, 4.69) is 20.6 Å². The van der Waals surface area contributed by atoms with Gasteiger partial charge in [0.05, 0.1) is 22.8 Å². The van der Waals surface area contributed by atoms with Crippen LogP contribution in [0.25, 0.3) is 0 Å². The van der Waals surface area contributed by atoms with Crippen LogP contribution < -0.4 is 10.6 Å². The number of aromatic nitrogens is 2. The van der Waals surface area contributed by atoms with Crippen LogP contribution in [0.5, 0.6) is 0 Å². The summed E-state index contributed by atoms with van der Waals surface area (Å²) in [5.41, 5.74) is 0. The average molecular weight is 301 g/mol. The normalized spacial score (nSPS) is 10.5. The van der Waals surface area contributed by atoms with Gasteiger partial charge in [0.15, 0.2) is 0 Å². The summed E-state index contributed by atoms with van der Waals surface area (Å²) >= 11 is 12.1. The molecule has 0 fully saturated rings. The van der Waals surface area contributed by atoms with E-state index >= 15 is 0 Å². The van der Waals surface area contributed by atoms with Gasteiger partial charge in [-0.25, -0.2) is 9.97 Å². The Balaban J connectivity index is 2.13. The van der Waals surface area contributed by atoms with E-state index in [0.29, 0.717) is 34.1 Å². The van der Waals surface area contributed by atoms with Gasteiger partial charge in [-0.05, 0) is 19.9 Å². The Kier molecular flexibility index (Phi) is 4.50. The number of anilines is 2. The second-order valence-corrected chi connectivity index (χ2v) is 4.71. The second kappa shape index (κ2) is 6.12. The average Bonchev–Trinajstić information content (AvgIpc) is 2.77. The molecule has 5 nitrogen and oxygen atoms in total. The molecule has 0 saturated carbocycles. The Labute approximate surface area is 121 Å². The molecular weight excluding hydrogens is 287 g/mol. The van der Waals surface area contributed by atoms with Gasteiger partial charge < -0.3 is 15.1 Å². The third-order valence-corrected chi connectivity index (χ3v) is 2.93. The molecular formula is C12H14Cl2N4O. The van der Waals surface area contributed by atoms with Gasteiger partial charge in [0.1, 0.15) is 17.4 Å². The quantitative estimate of drug-likeness (QED) is 0.881. The van der Waals surface area contributed by atoms with Gasteiger partial charge >= 0.3 is 0 Å². The Morgan fingerprint density at radius 1 is 1.21 bits per heavy atom. The molecule has 2 heterocycles. The maximum atomic E-state index is 6.08. The number of hydrogen-bond donors (Lipinski definition) is 2. The molecule has 0 radical (unpaired) electrons. The Morgan fingerprint density at radius 2 is 1.89 bits per heavy atom. The van der Waals surface area contributed by atoms with Gasteiger partial charge in [-0.3, -0.25) is 0 Å². The van der Waals surface area contributed by atoms with Crippen LogP contribution in [0, 0.1) is 6.92 Å². The molecule has 2 rings (SSSR count). The van der Waals surface area contributed by atoms with Gasteiger partial charge in [0.2, 0.25) is 5.89 Å². The van der Waals surface area contributed by atoms with Crippen molar-refractivity contribution in [1.29, 1.82) is 0 Å². The number of rotatable bonds is 5. The van der Waals surface area contributed by atoms with E-state index in [9.17, 15) is 0 Å². The van der Waals surface area contributed by atoms with Crippen LogP contribution in [0.2, 0.25) is 10.0 Å². The number of nitrogens with zero attached hydrogens (tertiary/aromatic N) is 2. The third kappa shape index (κ3) is 3.52. The zero-order chi connectivity index (χ0) is 13.8. The first-order chi connectivity index (χ1) is 9.10. The molecule has 2 aromatic heterocycles. The lowest BCUT2D eigenvalue weighted by Crippen LogP contribution is -2.06. The highest BCUT2D eigenvalue weighted by molar-refractivity contribution is 6.37. The van der Waals surface area contributed by atoms with Crippen LogP contribution >= 0.6 is 23.2 Å². The molecule has 7 heteroatoms. The summed E-state index contributed by atoms with van der Waals surface area (Å²) in [6, 6.07) is 1.65. The lowest BCUT2D eigenvalue weighted by atomic mass is 10.4. The molecule has 0 unspecified atom stereocenters. The van der Waals surface area contributed by atoms with Crippen LogP contribution in [-0.2, 0) is 6.54 Å². The molecule has 19 heavy (non-hydrogen) atoms. The molecule has 0 atom stereocenters. The number of oxazole rings is 1. The predicted molar refractivity (Wildman–Crippen MR) is 77.0 cm³/mol. The minimum atomic E-state index is 0.410. The maximum absolute atomic E-state index is 6.08. The predicted octanol–water partition coefficient (Wildman–Crippen LogP) is 3.73. The van der Waals surface area contributed by atoms with Crippen LogP contribution in [0.4, 0.5) is 11.6 Å². The topological polar surface area (TPSA) is 63.0 Å². The SMILES string of the molecule is CCNc1nc(NCc2ncc(C)o2)c(Cl)cc1Cl. The van der Waals surface area contributed by atoms with Crippen molar-refractivity contribution in [2.75, 3.05) is 17.2 Å². The molecule has 0 aliphatic heterocycles. The second-order valence-electron chi connectivity index (χ2n) is 3.90. The van der Waals surface area contributed by atoms with Gasteiger partial charge in [-0.2, -0.15) is 0 Å². The van der Waals surface area contributed by atoms with E-state index in [0.717, 1.165) is 12.3 Å². The number of nitrogens with one attached hydrogen (secondary N) is 2. The first-order valence-corrected chi connectivity index (χ1v) is 6.60. The highest BCUT2D eigenvalue weighted by Gasteiger charge is 2.09. The summed E-state index contributed by atoms with van der Waals surface area (Å²) in [5, 5.41) is 7.08. The van der Waals surface area contributed by atoms with Crippen molar-refractivity contribution < 1.29 is 4.42 Å². The van der Waals surface area contributed by atoms with Crippen molar-refractivity contribution in [3.63, 3.8) is 0 Å². The van der Waals surface area contributed by atoms with Crippen LogP contribution in [0.3, 0.4) is 0 Å².